The lowest BCUT2D eigenvalue weighted by Crippen LogP contribution is -2.24. The molecule has 1 aliphatic rings. The van der Waals surface area contributed by atoms with Crippen LogP contribution in [0.15, 0.2) is 29.2 Å². The molecule has 1 aromatic rings. The molecular formula is C12H17NO2S. The smallest absolute Gasteiger partial charge is 0.178 e. The van der Waals surface area contributed by atoms with Gasteiger partial charge in [0.1, 0.15) is 0 Å². The van der Waals surface area contributed by atoms with Crippen molar-refractivity contribution in [3.63, 3.8) is 0 Å². The SMILES string of the molecule is CCS(=O)(=O)c1ccc(CC2(N)CC2)cc1. The second kappa shape index (κ2) is 3.86. The fourth-order valence-corrected chi connectivity index (χ4v) is 2.61. The summed E-state index contributed by atoms with van der Waals surface area (Å²) in [6, 6.07) is 7.10. The van der Waals surface area contributed by atoms with E-state index in [1.54, 1.807) is 19.1 Å². The summed E-state index contributed by atoms with van der Waals surface area (Å²) in [4.78, 5) is 0.403. The Morgan fingerprint density at radius 1 is 1.25 bits per heavy atom. The summed E-state index contributed by atoms with van der Waals surface area (Å²) in [5.74, 6) is 0.146. The molecule has 0 atom stereocenters. The van der Waals surface area contributed by atoms with Gasteiger partial charge in [-0.3, -0.25) is 0 Å². The minimum Gasteiger partial charge on any atom is -0.325 e. The molecule has 0 radical (unpaired) electrons. The van der Waals surface area contributed by atoms with Crippen LogP contribution in [0.2, 0.25) is 0 Å². The molecular weight excluding hydrogens is 222 g/mol. The predicted octanol–water partition coefficient (Wildman–Crippen LogP) is 1.51. The molecule has 0 saturated heterocycles. The van der Waals surface area contributed by atoms with E-state index < -0.39 is 9.84 Å². The third-order valence-corrected chi connectivity index (χ3v) is 4.86. The molecule has 0 aromatic heterocycles. The Hall–Kier alpha value is -0.870. The zero-order chi connectivity index (χ0) is 11.8. The molecule has 0 spiro atoms. The monoisotopic (exact) mass is 239 g/mol. The van der Waals surface area contributed by atoms with Gasteiger partial charge in [0.25, 0.3) is 0 Å². The van der Waals surface area contributed by atoms with Crippen LogP contribution in [-0.2, 0) is 16.3 Å². The van der Waals surface area contributed by atoms with Gasteiger partial charge in [0, 0.05) is 5.54 Å². The van der Waals surface area contributed by atoms with E-state index in [0.717, 1.165) is 24.8 Å². The molecule has 3 nitrogen and oxygen atoms in total. The first-order chi connectivity index (χ1) is 7.45. The Labute approximate surface area is 96.6 Å². The van der Waals surface area contributed by atoms with Crippen molar-refractivity contribution in [3.8, 4) is 0 Å². The summed E-state index contributed by atoms with van der Waals surface area (Å²) >= 11 is 0. The maximum Gasteiger partial charge on any atom is 0.178 e. The van der Waals surface area contributed by atoms with E-state index in [1.165, 1.54) is 0 Å². The Balaban J connectivity index is 2.16. The Morgan fingerprint density at radius 3 is 2.25 bits per heavy atom. The lowest BCUT2D eigenvalue weighted by molar-refractivity contribution is 0.597. The minimum absolute atomic E-state index is 0.0227. The van der Waals surface area contributed by atoms with Gasteiger partial charge in [-0.1, -0.05) is 19.1 Å². The molecule has 88 valence electrons. The zero-order valence-electron chi connectivity index (χ0n) is 9.44. The number of hydrogen-bond acceptors (Lipinski definition) is 3. The molecule has 0 unspecified atom stereocenters. The van der Waals surface area contributed by atoms with E-state index in [0.29, 0.717) is 4.90 Å². The molecule has 1 aliphatic carbocycles. The zero-order valence-corrected chi connectivity index (χ0v) is 10.3. The van der Waals surface area contributed by atoms with Crippen molar-refractivity contribution in [1.29, 1.82) is 0 Å². The van der Waals surface area contributed by atoms with Gasteiger partial charge in [-0.05, 0) is 37.0 Å². The Bertz CT molecular complexity index is 472. The molecule has 1 saturated carbocycles. The molecule has 1 fully saturated rings. The van der Waals surface area contributed by atoms with Crippen LogP contribution in [0.4, 0.5) is 0 Å². The van der Waals surface area contributed by atoms with Crippen molar-refractivity contribution in [2.24, 2.45) is 5.73 Å². The fraction of sp³-hybridized carbons (Fsp3) is 0.500. The maximum absolute atomic E-state index is 11.6. The molecule has 2 N–H and O–H groups in total. The van der Waals surface area contributed by atoms with Crippen LogP contribution in [0.1, 0.15) is 25.3 Å². The maximum atomic E-state index is 11.6. The van der Waals surface area contributed by atoms with E-state index in [4.69, 9.17) is 5.73 Å². The quantitative estimate of drug-likeness (QED) is 0.866. The summed E-state index contributed by atoms with van der Waals surface area (Å²) in [7, 11) is -3.07. The molecule has 1 aromatic carbocycles. The first-order valence-corrected chi connectivity index (χ1v) is 7.21. The second-order valence-corrected chi connectivity index (χ2v) is 6.86. The minimum atomic E-state index is -3.07. The number of sulfone groups is 1. The van der Waals surface area contributed by atoms with Crippen molar-refractivity contribution in [1.82, 2.24) is 0 Å². The summed E-state index contributed by atoms with van der Waals surface area (Å²) in [5, 5.41) is 0. The van der Waals surface area contributed by atoms with Crippen molar-refractivity contribution < 1.29 is 8.42 Å². The normalized spacial score (nSPS) is 18.4. The van der Waals surface area contributed by atoms with Gasteiger partial charge >= 0.3 is 0 Å². The highest BCUT2D eigenvalue weighted by Gasteiger charge is 2.37. The van der Waals surface area contributed by atoms with E-state index in [1.807, 2.05) is 12.1 Å². The van der Waals surface area contributed by atoms with Gasteiger partial charge in [0.05, 0.1) is 10.6 Å². The molecule has 0 amide bonds. The highest BCUT2D eigenvalue weighted by molar-refractivity contribution is 7.91. The molecule has 4 heteroatoms. The van der Waals surface area contributed by atoms with E-state index in [9.17, 15) is 8.42 Å². The van der Waals surface area contributed by atoms with E-state index in [-0.39, 0.29) is 11.3 Å². The van der Waals surface area contributed by atoms with Gasteiger partial charge in [-0.2, -0.15) is 0 Å². The van der Waals surface area contributed by atoms with E-state index in [2.05, 4.69) is 0 Å². The van der Waals surface area contributed by atoms with Crippen LogP contribution >= 0.6 is 0 Å². The largest absolute Gasteiger partial charge is 0.325 e. The lowest BCUT2D eigenvalue weighted by Gasteiger charge is -2.09. The number of hydrogen-bond donors (Lipinski definition) is 1. The van der Waals surface area contributed by atoms with Crippen LogP contribution in [0.25, 0.3) is 0 Å². The van der Waals surface area contributed by atoms with Crippen molar-refractivity contribution in [2.75, 3.05) is 5.75 Å². The highest BCUT2D eigenvalue weighted by Crippen LogP contribution is 2.35. The standard InChI is InChI=1S/C12H17NO2S/c1-2-16(14,15)11-5-3-10(4-6-11)9-12(13)7-8-12/h3-6H,2,7-9,13H2,1H3. The Morgan fingerprint density at radius 2 is 1.81 bits per heavy atom. The van der Waals surface area contributed by atoms with Gasteiger partial charge in [0.15, 0.2) is 9.84 Å². The first kappa shape index (κ1) is 11.6. The number of rotatable bonds is 4. The molecule has 16 heavy (non-hydrogen) atoms. The topological polar surface area (TPSA) is 60.2 Å². The molecule has 2 rings (SSSR count). The summed E-state index contributed by atoms with van der Waals surface area (Å²) < 4.78 is 23.2. The van der Waals surface area contributed by atoms with Crippen LogP contribution in [0.5, 0.6) is 0 Å². The van der Waals surface area contributed by atoms with Gasteiger partial charge in [0.2, 0.25) is 0 Å². The van der Waals surface area contributed by atoms with Gasteiger partial charge in [-0.15, -0.1) is 0 Å². The number of benzene rings is 1. The van der Waals surface area contributed by atoms with Gasteiger partial charge < -0.3 is 5.73 Å². The number of nitrogens with two attached hydrogens (primary N) is 1. The highest BCUT2D eigenvalue weighted by atomic mass is 32.2. The van der Waals surface area contributed by atoms with E-state index >= 15 is 0 Å². The fourth-order valence-electron chi connectivity index (χ4n) is 1.73. The van der Waals surface area contributed by atoms with Crippen LogP contribution in [0.3, 0.4) is 0 Å². The summed E-state index contributed by atoms with van der Waals surface area (Å²) in [6.07, 6.45) is 2.99. The van der Waals surface area contributed by atoms with Crippen molar-refractivity contribution in [3.05, 3.63) is 29.8 Å². The van der Waals surface area contributed by atoms with Crippen LogP contribution < -0.4 is 5.73 Å². The molecule has 0 aliphatic heterocycles. The average Bonchev–Trinajstić information content (AvgIpc) is 2.97. The third-order valence-electron chi connectivity index (χ3n) is 3.11. The van der Waals surface area contributed by atoms with Crippen molar-refractivity contribution >= 4 is 9.84 Å². The third kappa shape index (κ3) is 2.44. The van der Waals surface area contributed by atoms with Crippen LogP contribution in [0, 0.1) is 0 Å². The lowest BCUT2D eigenvalue weighted by atomic mass is 10.1. The first-order valence-electron chi connectivity index (χ1n) is 5.56. The summed E-state index contributed by atoms with van der Waals surface area (Å²) in [5.41, 5.74) is 7.11. The Kier molecular flexibility index (Phi) is 2.80. The average molecular weight is 239 g/mol. The molecule has 0 heterocycles. The van der Waals surface area contributed by atoms with Crippen LogP contribution in [-0.4, -0.2) is 19.7 Å². The second-order valence-electron chi connectivity index (χ2n) is 4.59. The van der Waals surface area contributed by atoms with Crippen molar-refractivity contribution in [2.45, 2.75) is 36.6 Å². The molecule has 0 bridgehead atoms. The van der Waals surface area contributed by atoms with Gasteiger partial charge in [-0.25, -0.2) is 8.42 Å². The predicted molar refractivity (Wildman–Crippen MR) is 64.0 cm³/mol. The summed E-state index contributed by atoms with van der Waals surface area (Å²) in [6.45, 7) is 1.66.